The van der Waals surface area contributed by atoms with Gasteiger partial charge in [0.1, 0.15) is 5.75 Å². The molecule has 4 rings (SSSR count). The third kappa shape index (κ3) is 4.59. The van der Waals surface area contributed by atoms with Crippen molar-refractivity contribution in [3.8, 4) is 17.1 Å². The second-order valence-electron chi connectivity index (χ2n) is 9.79. The summed E-state index contributed by atoms with van der Waals surface area (Å²) in [6, 6.07) is 11.1. The Balaban J connectivity index is 1.94. The normalized spacial score (nSPS) is 12.4. The summed E-state index contributed by atoms with van der Waals surface area (Å²) in [5.41, 5.74) is 5.22. The van der Waals surface area contributed by atoms with Crippen molar-refractivity contribution in [1.82, 2.24) is 19.8 Å². The van der Waals surface area contributed by atoms with Crippen LogP contribution in [0.2, 0.25) is 0 Å². The van der Waals surface area contributed by atoms with E-state index in [0.717, 1.165) is 35.1 Å². The number of rotatable bonds is 7. The van der Waals surface area contributed by atoms with Crippen molar-refractivity contribution < 1.29 is 9.94 Å². The van der Waals surface area contributed by atoms with Crippen LogP contribution in [0.4, 0.5) is 11.4 Å². The number of hydrogen-bond acceptors (Lipinski definition) is 8. The molecule has 0 spiro atoms. The molecule has 0 amide bonds. The number of fused-ring (bicyclic) bond motifs is 1. The fraction of sp³-hybridized carbons (Fsp3) is 0.370. The molecule has 0 saturated heterocycles. The van der Waals surface area contributed by atoms with Crippen LogP contribution in [0.25, 0.3) is 23.1 Å². The van der Waals surface area contributed by atoms with E-state index in [1.807, 2.05) is 0 Å². The molecule has 0 aliphatic heterocycles. The first-order valence-corrected chi connectivity index (χ1v) is 12.1. The average molecular weight is 490 g/mol. The molecule has 0 aliphatic carbocycles. The number of anilines is 2. The fourth-order valence-corrected chi connectivity index (χ4v) is 4.41. The lowest BCUT2D eigenvalue weighted by atomic mass is 9.90. The smallest absolute Gasteiger partial charge is 0.189 e. The zero-order valence-corrected chi connectivity index (χ0v) is 21.9. The minimum absolute atomic E-state index is 0.0563. The number of nitrogens with zero attached hydrogens (tertiary/aromatic N) is 6. The monoisotopic (exact) mass is 489 g/mol. The minimum Gasteiger partial charge on any atom is -0.733 e. The number of methoxy groups -OCH3 is 1. The molecule has 0 radical (unpaired) electrons. The summed E-state index contributed by atoms with van der Waals surface area (Å²) in [5, 5.41) is 35.4. The predicted octanol–water partition coefficient (Wildman–Crippen LogP) is 4.49. The van der Waals surface area contributed by atoms with E-state index in [-0.39, 0.29) is 16.3 Å². The van der Waals surface area contributed by atoms with Crippen LogP contribution in [-0.2, 0) is 5.41 Å². The van der Waals surface area contributed by atoms with Crippen molar-refractivity contribution >= 4 is 23.1 Å². The van der Waals surface area contributed by atoms with Gasteiger partial charge in [-0.1, -0.05) is 26.8 Å². The second-order valence-corrected chi connectivity index (χ2v) is 9.79. The van der Waals surface area contributed by atoms with Gasteiger partial charge in [0.05, 0.1) is 24.1 Å². The van der Waals surface area contributed by atoms with Gasteiger partial charge in [-0.05, 0) is 68.3 Å². The molecule has 190 valence electrons. The van der Waals surface area contributed by atoms with Gasteiger partial charge >= 0.3 is 0 Å². The van der Waals surface area contributed by atoms with E-state index in [4.69, 9.17) is 9.84 Å². The molecule has 2 heterocycles. The first-order valence-electron chi connectivity index (χ1n) is 12.1. The molecule has 2 aromatic carbocycles. The molecule has 2 aromatic heterocycles. The van der Waals surface area contributed by atoms with Crippen molar-refractivity contribution in [3.63, 3.8) is 0 Å². The third-order valence-electron chi connectivity index (χ3n) is 6.37. The standard InChI is InChI=1S/C27H33N6O3/c1-8-31(9-2)19-11-10-18(17(3)14-19)15-22-24(27(4,5)6)30-32-25(28-29-26(22)32)21-16-20(33(34)35)12-13-23(21)36-7/h10-16,34H,8-9H2,1-7H3/q-1/b22-15-. The first kappa shape index (κ1) is 25.4. The van der Waals surface area contributed by atoms with E-state index in [1.165, 1.54) is 24.9 Å². The summed E-state index contributed by atoms with van der Waals surface area (Å²) < 4.78 is 7.18. The largest absolute Gasteiger partial charge is 0.733 e. The van der Waals surface area contributed by atoms with Gasteiger partial charge in [0, 0.05) is 29.4 Å². The Bertz CT molecular complexity index is 1430. The zero-order chi connectivity index (χ0) is 26.2. The highest BCUT2D eigenvalue weighted by Gasteiger charge is 2.25. The maximum Gasteiger partial charge on any atom is 0.189 e. The predicted molar refractivity (Wildman–Crippen MR) is 143 cm³/mol. The molecule has 0 saturated carbocycles. The molecular weight excluding hydrogens is 456 g/mol. The van der Waals surface area contributed by atoms with Crippen LogP contribution in [0.5, 0.6) is 5.75 Å². The van der Waals surface area contributed by atoms with Crippen LogP contribution >= 0.6 is 0 Å². The molecule has 9 heteroatoms. The Labute approximate surface area is 211 Å². The van der Waals surface area contributed by atoms with E-state index in [2.05, 4.69) is 80.9 Å². The molecule has 4 aromatic rings. The van der Waals surface area contributed by atoms with Crippen molar-refractivity contribution in [2.24, 2.45) is 0 Å². The summed E-state index contributed by atoms with van der Waals surface area (Å²) in [6.07, 6.45) is 2.11. The summed E-state index contributed by atoms with van der Waals surface area (Å²) in [4.78, 5) is 2.32. The van der Waals surface area contributed by atoms with E-state index >= 15 is 0 Å². The molecular formula is C27H33N6O3-. The zero-order valence-electron chi connectivity index (χ0n) is 21.9. The molecule has 0 aliphatic rings. The van der Waals surface area contributed by atoms with Crippen LogP contribution in [0.15, 0.2) is 36.4 Å². The highest BCUT2D eigenvalue weighted by molar-refractivity contribution is 5.73. The van der Waals surface area contributed by atoms with Gasteiger partial charge in [0.2, 0.25) is 0 Å². The van der Waals surface area contributed by atoms with Gasteiger partial charge in [-0.2, -0.15) is 9.61 Å². The SMILES string of the molecule is CCN(CC)c1ccc(/C=c2/c(C(C)(C)C)nn3c(-c4cc(N([O-])O)ccc4OC)nnc23)c(C)c1. The van der Waals surface area contributed by atoms with Crippen molar-refractivity contribution in [3.05, 3.63) is 63.6 Å². The molecule has 0 atom stereocenters. The molecule has 1 N–H and O–H groups in total. The quantitative estimate of drug-likeness (QED) is 0.379. The van der Waals surface area contributed by atoms with Crippen LogP contribution in [0.1, 0.15) is 51.4 Å². The summed E-state index contributed by atoms with van der Waals surface area (Å²) >= 11 is 0. The van der Waals surface area contributed by atoms with Gasteiger partial charge in [0.25, 0.3) is 0 Å². The summed E-state index contributed by atoms with van der Waals surface area (Å²) in [7, 11) is 1.54. The van der Waals surface area contributed by atoms with Gasteiger partial charge in [0.15, 0.2) is 11.5 Å². The van der Waals surface area contributed by atoms with Gasteiger partial charge < -0.3 is 20.1 Å². The highest BCUT2D eigenvalue weighted by atomic mass is 16.8. The second kappa shape index (κ2) is 9.75. The van der Waals surface area contributed by atoms with Crippen LogP contribution in [-0.4, -0.2) is 45.2 Å². The van der Waals surface area contributed by atoms with E-state index in [9.17, 15) is 10.4 Å². The van der Waals surface area contributed by atoms with Crippen LogP contribution < -0.4 is 20.1 Å². The lowest BCUT2D eigenvalue weighted by Crippen LogP contribution is -2.22. The van der Waals surface area contributed by atoms with Crippen molar-refractivity contribution in [2.45, 2.75) is 47.0 Å². The number of hydrogen-bond donors (Lipinski definition) is 1. The fourth-order valence-electron chi connectivity index (χ4n) is 4.41. The Morgan fingerprint density at radius 1 is 1.06 bits per heavy atom. The third-order valence-corrected chi connectivity index (χ3v) is 6.37. The molecule has 9 nitrogen and oxygen atoms in total. The van der Waals surface area contributed by atoms with Crippen molar-refractivity contribution in [1.29, 1.82) is 0 Å². The molecule has 0 unspecified atom stereocenters. The maximum atomic E-state index is 11.5. The minimum atomic E-state index is -0.262. The lowest BCUT2D eigenvalue weighted by Gasteiger charge is -2.22. The van der Waals surface area contributed by atoms with E-state index < -0.39 is 0 Å². The number of aromatic nitrogens is 4. The van der Waals surface area contributed by atoms with Crippen LogP contribution in [0, 0.1) is 12.1 Å². The van der Waals surface area contributed by atoms with Gasteiger partial charge in [-0.15, -0.1) is 10.2 Å². The van der Waals surface area contributed by atoms with Crippen molar-refractivity contribution in [2.75, 3.05) is 30.3 Å². The average Bonchev–Trinajstić information content (AvgIpc) is 3.41. The number of benzene rings is 2. The Morgan fingerprint density at radius 3 is 2.33 bits per heavy atom. The van der Waals surface area contributed by atoms with Gasteiger partial charge in [-0.25, -0.2) is 0 Å². The molecule has 0 fully saturated rings. The van der Waals surface area contributed by atoms with Crippen LogP contribution in [0.3, 0.4) is 0 Å². The van der Waals surface area contributed by atoms with Gasteiger partial charge in [-0.3, -0.25) is 5.21 Å². The number of ether oxygens (including phenoxy) is 1. The Hall–Kier alpha value is -3.69. The van der Waals surface area contributed by atoms with E-state index in [1.54, 1.807) is 10.6 Å². The maximum absolute atomic E-state index is 11.5. The molecule has 36 heavy (non-hydrogen) atoms. The lowest BCUT2D eigenvalue weighted by molar-refractivity contribution is 0.296. The summed E-state index contributed by atoms with van der Waals surface area (Å²) in [5.74, 6) is 0.910. The number of aryl methyl sites for hydroxylation is 1. The Morgan fingerprint density at radius 2 is 1.75 bits per heavy atom. The topological polar surface area (TPSA) is 102 Å². The highest BCUT2D eigenvalue weighted by Crippen LogP contribution is 2.33. The molecule has 0 bridgehead atoms. The summed E-state index contributed by atoms with van der Waals surface area (Å²) in [6.45, 7) is 14.7. The van der Waals surface area contributed by atoms with E-state index in [0.29, 0.717) is 22.8 Å². The first-order chi connectivity index (χ1) is 17.1. The Kier molecular flexibility index (Phi) is 6.88.